The van der Waals surface area contributed by atoms with E-state index in [2.05, 4.69) is 0 Å². The quantitative estimate of drug-likeness (QED) is 0.640. The average Bonchev–Trinajstić information content (AvgIpc) is 2.12. The first-order chi connectivity index (χ1) is 6.43. The third-order valence-electron chi connectivity index (χ3n) is 2.25. The number of amides is 1. The van der Waals surface area contributed by atoms with Crippen LogP contribution in [0.3, 0.4) is 0 Å². The van der Waals surface area contributed by atoms with Crippen molar-refractivity contribution in [1.29, 1.82) is 0 Å². The fourth-order valence-corrected chi connectivity index (χ4v) is 3.14. The van der Waals surface area contributed by atoms with Gasteiger partial charge in [0.2, 0.25) is 0 Å². The molecule has 3 unspecified atom stereocenters. The van der Waals surface area contributed by atoms with Crippen molar-refractivity contribution < 1.29 is 13.4 Å². The molecule has 1 heterocycles. The molecule has 1 rings (SSSR count). The summed E-state index contributed by atoms with van der Waals surface area (Å²) in [6.07, 6.45) is 0. The Bertz CT molecular complexity index is 248. The predicted octanol–water partition coefficient (Wildman–Crippen LogP) is 0.889. The molecule has 0 radical (unpaired) electrons. The fraction of sp³-hybridized carbons (Fsp3) is 0.875. The van der Waals surface area contributed by atoms with Crippen LogP contribution in [-0.2, 0) is 15.6 Å². The molecular weight excluding hydrogens is 229 g/mol. The van der Waals surface area contributed by atoms with E-state index >= 15 is 0 Å². The Labute approximate surface area is 90.1 Å². The molecule has 3 nitrogen and oxygen atoms in total. The topological polar surface area (TPSA) is 37.4 Å². The molecule has 0 bridgehead atoms. The Morgan fingerprint density at radius 1 is 1.50 bits per heavy atom. The maximum atomic E-state index is 12.5. The maximum Gasteiger partial charge on any atom is 0.272 e. The third-order valence-corrected chi connectivity index (χ3v) is 4.32. The summed E-state index contributed by atoms with van der Waals surface area (Å²) in [6, 6.07) is 0. The van der Waals surface area contributed by atoms with E-state index in [4.69, 9.17) is 11.6 Å². The number of hydrogen-bond acceptors (Lipinski definition) is 2. The zero-order valence-corrected chi connectivity index (χ0v) is 9.65. The van der Waals surface area contributed by atoms with Gasteiger partial charge in [-0.25, -0.2) is 4.39 Å². The SMILES string of the molecule is CC1CN(C(=O)C(F)Cl)CC(C)S1=O. The fourth-order valence-electron chi connectivity index (χ4n) is 1.56. The van der Waals surface area contributed by atoms with Crippen LogP contribution in [0.15, 0.2) is 0 Å². The number of alkyl halides is 2. The molecule has 82 valence electrons. The summed E-state index contributed by atoms with van der Waals surface area (Å²) in [5.74, 6) is -0.720. The summed E-state index contributed by atoms with van der Waals surface area (Å²) >= 11 is 5.06. The van der Waals surface area contributed by atoms with Gasteiger partial charge in [-0.05, 0) is 13.8 Å². The van der Waals surface area contributed by atoms with Gasteiger partial charge in [0.15, 0.2) is 0 Å². The molecule has 6 heteroatoms. The van der Waals surface area contributed by atoms with E-state index in [9.17, 15) is 13.4 Å². The highest BCUT2D eigenvalue weighted by Gasteiger charge is 2.33. The lowest BCUT2D eigenvalue weighted by atomic mass is 10.3. The number of carbonyl (C=O) groups is 1. The van der Waals surface area contributed by atoms with Crippen LogP contribution >= 0.6 is 11.6 Å². The summed E-state index contributed by atoms with van der Waals surface area (Å²) in [5, 5.41) is -0.226. The molecule has 3 atom stereocenters. The summed E-state index contributed by atoms with van der Waals surface area (Å²) in [7, 11) is -0.940. The Morgan fingerprint density at radius 2 is 1.93 bits per heavy atom. The lowest BCUT2D eigenvalue weighted by Crippen LogP contribution is -2.51. The van der Waals surface area contributed by atoms with Gasteiger partial charge in [0.1, 0.15) is 0 Å². The Morgan fingerprint density at radius 3 is 2.29 bits per heavy atom. The van der Waals surface area contributed by atoms with E-state index < -0.39 is 22.3 Å². The van der Waals surface area contributed by atoms with Crippen molar-refractivity contribution in [3.8, 4) is 0 Å². The van der Waals surface area contributed by atoms with Gasteiger partial charge in [-0.15, -0.1) is 0 Å². The molecule has 0 aliphatic carbocycles. The van der Waals surface area contributed by atoms with Crippen molar-refractivity contribution >= 4 is 28.3 Å². The maximum absolute atomic E-state index is 12.5. The van der Waals surface area contributed by atoms with Gasteiger partial charge >= 0.3 is 0 Å². The third kappa shape index (κ3) is 2.45. The predicted molar refractivity (Wildman–Crippen MR) is 54.4 cm³/mol. The van der Waals surface area contributed by atoms with Crippen LogP contribution in [0.25, 0.3) is 0 Å². The van der Waals surface area contributed by atoms with Gasteiger partial charge in [-0.1, -0.05) is 11.6 Å². The van der Waals surface area contributed by atoms with Gasteiger partial charge in [0, 0.05) is 34.4 Å². The number of nitrogens with zero attached hydrogens (tertiary/aromatic N) is 1. The molecule has 0 aromatic carbocycles. The molecule has 1 amide bonds. The molecular formula is C8H13ClFNO2S. The number of carbonyl (C=O) groups excluding carboxylic acids is 1. The summed E-state index contributed by atoms with van der Waals surface area (Å²) < 4.78 is 24.0. The van der Waals surface area contributed by atoms with Gasteiger partial charge in [-0.3, -0.25) is 9.00 Å². The van der Waals surface area contributed by atoms with Crippen molar-refractivity contribution in [1.82, 2.24) is 4.90 Å². The first-order valence-electron chi connectivity index (χ1n) is 4.39. The van der Waals surface area contributed by atoms with Crippen LogP contribution in [0.4, 0.5) is 4.39 Å². The molecule has 1 saturated heterocycles. The van der Waals surface area contributed by atoms with E-state index in [1.165, 1.54) is 4.90 Å². The second-order valence-electron chi connectivity index (χ2n) is 3.49. The standard InChI is InChI=1S/C8H13ClFNO2S/c1-5-3-11(8(12)7(9)10)4-6(2)14(5)13/h5-7H,3-4H2,1-2H3. The van der Waals surface area contributed by atoms with Crippen LogP contribution in [0.1, 0.15) is 13.8 Å². The van der Waals surface area contributed by atoms with E-state index in [0.717, 1.165) is 0 Å². The lowest BCUT2D eigenvalue weighted by Gasteiger charge is -2.34. The monoisotopic (exact) mass is 241 g/mol. The van der Waals surface area contributed by atoms with E-state index in [1.54, 1.807) is 13.8 Å². The second-order valence-corrected chi connectivity index (χ2v) is 6.14. The number of rotatable bonds is 1. The van der Waals surface area contributed by atoms with Crippen molar-refractivity contribution in [2.45, 2.75) is 30.0 Å². The van der Waals surface area contributed by atoms with E-state index in [1.807, 2.05) is 0 Å². The molecule has 14 heavy (non-hydrogen) atoms. The molecule has 0 N–H and O–H groups in total. The highest BCUT2D eigenvalue weighted by molar-refractivity contribution is 7.86. The highest BCUT2D eigenvalue weighted by atomic mass is 35.5. The molecule has 1 aliphatic rings. The first-order valence-corrected chi connectivity index (χ1v) is 6.11. The van der Waals surface area contributed by atoms with Crippen LogP contribution < -0.4 is 0 Å². The zero-order chi connectivity index (χ0) is 10.9. The van der Waals surface area contributed by atoms with Gasteiger partial charge < -0.3 is 4.90 Å². The lowest BCUT2D eigenvalue weighted by molar-refractivity contribution is -0.133. The van der Waals surface area contributed by atoms with Crippen molar-refractivity contribution in [3.05, 3.63) is 0 Å². The van der Waals surface area contributed by atoms with Gasteiger partial charge in [0.05, 0.1) is 0 Å². The highest BCUT2D eigenvalue weighted by Crippen LogP contribution is 2.16. The minimum Gasteiger partial charge on any atom is -0.337 e. The molecule has 0 spiro atoms. The van der Waals surface area contributed by atoms with Crippen molar-refractivity contribution in [2.24, 2.45) is 0 Å². The molecule has 1 fully saturated rings. The van der Waals surface area contributed by atoms with Crippen LogP contribution in [-0.4, -0.2) is 44.2 Å². The molecule has 1 aliphatic heterocycles. The molecule has 0 aromatic heterocycles. The second kappa shape index (κ2) is 4.57. The van der Waals surface area contributed by atoms with Crippen LogP contribution in [0.5, 0.6) is 0 Å². The zero-order valence-electron chi connectivity index (χ0n) is 8.07. The van der Waals surface area contributed by atoms with Crippen LogP contribution in [0.2, 0.25) is 0 Å². The van der Waals surface area contributed by atoms with Crippen molar-refractivity contribution in [3.63, 3.8) is 0 Å². The first kappa shape index (κ1) is 11.9. The molecule has 0 aromatic rings. The Balaban J connectivity index is 2.67. The largest absolute Gasteiger partial charge is 0.337 e. The van der Waals surface area contributed by atoms with Crippen molar-refractivity contribution in [2.75, 3.05) is 13.1 Å². The van der Waals surface area contributed by atoms with Crippen LogP contribution in [0, 0.1) is 0 Å². The number of hydrogen-bond donors (Lipinski definition) is 0. The van der Waals surface area contributed by atoms with E-state index in [0.29, 0.717) is 13.1 Å². The smallest absolute Gasteiger partial charge is 0.272 e. The van der Waals surface area contributed by atoms with Gasteiger partial charge in [-0.2, -0.15) is 0 Å². The van der Waals surface area contributed by atoms with E-state index in [-0.39, 0.29) is 10.5 Å². The number of halogens is 2. The average molecular weight is 242 g/mol. The Hall–Kier alpha value is -0.160. The molecule has 0 saturated carbocycles. The minimum absolute atomic E-state index is 0.113. The minimum atomic E-state index is -1.99. The Kier molecular flexibility index (Phi) is 3.89. The summed E-state index contributed by atoms with van der Waals surface area (Å²) in [6.45, 7) is 4.22. The van der Waals surface area contributed by atoms with Gasteiger partial charge in [0.25, 0.3) is 11.5 Å². The normalized spacial score (nSPS) is 35.4. The summed E-state index contributed by atoms with van der Waals surface area (Å²) in [4.78, 5) is 12.6. The summed E-state index contributed by atoms with van der Waals surface area (Å²) in [5.41, 5.74) is -1.99.